The van der Waals surface area contributed by atoms with Crippen molar-refractivity contribution in [2.75, 3.05) is 0 Å². The molecule has 5 atom stereocenters. The molecule has 4 rings (SSSR count). The van der Waals surface area contributed by atoms with Crippen molar-refractivity contribution in [2.45, 2.75) is 59.8 Å². The van der Waals surface area contributed by atoms with Gasteiger partial charge in [-0.25, -0.2) is 0 Å². The molecule has 0 saturated heterocycles. The second-order valence-electron chi connectivity index (χ2n) is 9.27. The summed E-state index contributed by atoms with van der Waals surface area (Å²) in [5.74, 6) is 3.88. The molecule has 5 unspecified atom stereocenters. The molecule has 1 spiro atoms. The van der Waals surface area contributed by atoms with Gasteiger partial charge in [0, 0.05) is 0 Å². The molecule has 3 fully saturated rings. The summed E-state index contributed by atoms with van der Waals surface area (Å²) in [5.41, 5.74) is 1.85. The number of hydrogen-bond acceptors (Lipinski definition) is 0. The predicted molar refractivity (Wildman–Crippen MR) is 76.2 cm³/mol. The first-order chi connectivity index (χ1) is 8.33. The van der Waals surface area contributed by atoms with Gasteiger partial charge in [0.1, 0.15) is 0 Å². The summed E-state index contributed by atoms with van der Waals surface area (Å²) in [6.07, 6.45) is 12.6. The first-order valence-electron chi connectivity index (χ1n) is 8.02. The Kier molecular flexibility index (Phi) is 1.97. The van der Waals surface area contributed by atoms with Crippen LogP contribution in [-0.2, 0) is 0 Å². The fraction of sp³-hybridized carbons (Fsp3) is 0.889. The van der Waals surface area contributed by atoms with Gasteiger partial charge in [0.25, 0.3) is 0 Å². The van der Waals surface area contributed by atoms with Crippen LogP contribution in [0.2, 0.25) is 0 Å². The SMILES string of the molecule is CC1(C)CC(C)(C)C2CC1CC21CC2C=CC1C2. The standard InChI is InChI=1S/C18H28/c1-16(2)11-17(3,4)15-8-14(16)10-18(15)9-12-5-6-13(18)7-12/h5-6,12-15H,7-11H2,1-4H3. The molecular weight excluding hydrogens is 216 g/mol. The molecule has 0 aromatic rings. The third kappa shape index (κ3) is 1.23. The fourth-order valence-electron chi connectivity index (χ4n) is 6.97. The monoisotopic (exact) mass is 244 g/mol. The molecule has 0 aliphatic heterocycles. The lowest BCUT2D eigenvalue weighted by Gasteiger charge is -2.50. The van der Waals surface area contributed by atoms with Gasteiger partial charge in [0.05, 0.1) is 0 Å². The lowest BCUT2D eigenvalue weighted by molar-refractivity contribution is 0.000482. The summed E-state index contributed by atoms with van der Waals surface area (Å²) in [6, 6.07) is 0. The van der Waals surface area contributed by atoms with E-state index in [9.17, 15) is 0 Å². The highest BCUT2D eigenvalue weighted by atomic mass is 14.7. The summed E-state index contributed by atoms with van der Waals surface area (Å²) in [7, 11) is 0. The van der Waals surface area contributed by atoms with Crippen molar-refractivity contribution in [1.82, 2.24) is 0 Å². The lowest BCUT2D eigenvalue weighted by Crippen LogP contribution is -2.42. The van der Waals surface area contributed by atoms with Crippen molar-refractivity contribution < 1.29 is 0 Å². The van der Waals surface area contributed by atoms with Crippen LogP contribution >= 0.6 is 0 Å². The Balaban J connectivity index is 1.78. The van der Waals surface area contributed by atoms with Gasteiger partial charge in [0.15, 0.2) is 0 Å². The third-order valence-corrected chi connectivity index (χ3v) is 7.35. The molecule has 0 aromatic carbocycles. The predicted octanol–water partition coefficient (Wildman–Crippen LogP) is 5.05. The number of hydrogen-bond donors (Lipinski definition) is 0. The van der Waals surface area contributed by atoms with Gasteiger partial charge in [-0.2, -0.15) is 0 Å². The number of fused-ring (bicyclic) bond motifs is 6. The van der Waals surface area contributed by atoms with E-state index in [0.717, 1.165) is 23.7 Å². The Hall–Kier alpha value is -0.260. The average molecular weight is 244 g/mol. The largest absolute Gasteiger partial charge is 0.0851 e. The summed E-state index contributed by atoms with van der Waals surface area (Å²) >= 11 is 0. The zero-order valence-corrected chi connectivity index (χ0v) is 12.5. The topological polar surface area (TPSA) is 0 Å². The minimum absolute atomic E-state index is 0.564. The zero-order chi connectivity index (χ0) is 12.8. The number of rotatable bonds is 0. The molecular formula is C18H28. The molecule has 0 N–H and O–H groups in total. The maximum Gasteiger partial charge on any atom is -0.0168 e. The summed E-state index contributed by atoms with van der Waals surface area (Å²) < 4.78 is 0. The van der Waals surface area contributed by atoms with Crippen LogP contribution in [0.3, 0.4) is 0 Å². The van der Waals surface area contributed by atoms with Crippen LogP contribution in [0.25, 0.3) is 0 Å². The van der Waals surface area contributed by atoms with E-state index in [1.54, 1.807) is 6.42 Å². The van der Waals surface area contributed by atoms with Crippen molar-refractivity contribution in [3.05, 3.63) is 12.2 Å². The van der Waals surface area contributed by atoms with Gasteiger partial charge in [-0.15, -0.1) is 0 Å². The van der Waals surface area contributed by atoms with Gasteiger partial charge in [-0.05, 0) is 72.0 Å². The van der Waals surface area contributed by atoms with Crippen molar-refractivity contribution in [3.8, 4) is 0 Å². The second kappa shape index (κ2) is 3.07. The van der Waals surface area contributed by atoms with Gasteiger partial charge in [-0.3, -0.25) is 0 Å². The molecule has 0 radical (unpaired) electrons. The second-order valence-corrected chi connectivity index (χ2v) is 9.27. The van der Waals surface area contributed by atoms with Crippen LogP contribution in [-0.4, -0.2) is 0 Å². The first-order valence-corrected chi connectivity index (χ1v) is 8.02. The molecule has 0 heteroatoms. The molecule has 0 heterocycles. The quantitative estimate of drug-likeness (QED) is 0.523. The van der Waals surface area contributed by atoms with Crippen molar-refractivity contribution in [1.29, 1.82) is 0 Å². The third-order valence-electron chi connectivity index (χ3n) is 7.35. The van der Waals surface area contributed by atoms with Crippen molar-refractivity contribution in [3.63, 3.8) is 0 Å². The summed E-state index contributed by atoms with van der Waals surface area (Å²) in [4.78, 5) is 0. The van der Waals surface area contributed by atoms with Crippen LogP contribution in [0.15, 0.2) is 12.2 Å². The highest BCUT2D eigenvalue weighted by Gasteiger charge is 2.65. The Bertz CT molecular complexity index is 414. The van der Waals surface area contributed by atoms with E-state index < -0.39 is 0 Å². The van der Waals surface area contributed by atoms with Crippen LogP contribution in [0.4, 0.5) is 0 Å². The molecule has 4 aliphatic carbocycles. The van der Waals surface area contributed by atoms with Crippen molar-refractivity contribution >= 4 is 0 Å². The van der Waals surface area contributed by atoms with Crippen LogP contribution in [0.5, 0.6) is 0 Å². The Morgan fingerprint density at radius 2 is 1.67 bits per heavy atom. The Morgan fingerprint density at radius 3 is 2.28 bits per heavy atom. The lowest BCUT2D eigenvalue weighted by atomic mass is 9.55. The van der Waals surface area contributed by atoms with E-state index in [1.807, 2.05) is 0 Å². The fourth-order valence-corrected chi connectivity index (χ4v) is 6.97. The molecule has 4 aliphatic rings. The maximum absolute atomic E-state index is 2.60. The van der Waals surface area contributed by atoms with E-state index in [0.29, 0.717) is 16.2 Å². The molecule has 4 bridgehead atoms. The molecule has 100 valence electrons. The summed E-state index contributed by atoms with van der Waals surface area (Å²) in [5, 5.41) is 0. The summed E-state index contributed by atoms with van der Waals surface area (Å²) in [6.45, 7) is 10.2. The molecule has 0 amide bonds. The molecule has 0 aromatic heterocycles. The normalized spacial score (nSPS) is 54.4. The highest BCUT2D eigenvalue weighted by Crippen LogP contribution is 2.73. The van der Waals surface area contributed by atoms with Crippen LogP contribution in [0, 0.1) is 39.9 Å². The first kappa shape index (κ1) is 11.6. The van der Waals surface area contributed by atoms with E-state index >= 15 is 0 Å². The van der Waals surface area contributed by atoms with E-state index in [-0.39, 0.29) is 0 Å². The average Bonchev–Trinajstić information content (AvgIpc) is 2.87. The molecule has 0 nitrogen and oxygen atoms in total. The van der Waals surface area contributed by atoms with E-state index in [4.69, 9.17) is 0 Å². The van der Waals surface area contributed by atoms with Crippen LogP contribution in [0.1, 0.15) is 59.8 Å². The smallest absolute Gasteiger partial charge is 0.0168 e. The minimum atomic E-state index is 0.564. The van der Waals surface area contributed by atoms with Gasteiger partial charge in [-0.1, -0.05) is 39.8 Å². The minimum Gasteiger partial charge on any atom is -0.0851 e. The van der Waals surface area contributed by atoms with Gasteiger partial charge < -0.3 is 0 Å². The van der Waals surface area contributed by atoms with Crippen LogP contribution < -0.4 is 0 Å². The molecule has 18 heavy (non-hydrogen) atoms. The van der Waals surface area contributed by atoms with Gasteiger partial charge >= 0.3 is 0 Å². The molecule has 3 saturated carbocycles. The number of allylic oxidation sites excluding steroid dienone is 2. The van der Waals surface area contributed by atoms with Gasteiger partial charge in [0.2, 0.25) is 0 Å². The zero-order valence-electron chi connectivity index (χ0n) is 12.5. The van der Waals surface area contributed by atoms with Crippen molar-refractivity contribution in [2.24, 2.45) is 39.9 Å². The Labute approximate surface area is 112 Å². The van der Waals surface area contributed by atoms with E-state index in [1.165, 1.54) is 25.7 Å². The Morgan fingerprint density at radius 1 is 0.889 bits per heavy atom. The van der Waals surface area contributed by atoms with E-state index in [2.05, 4.69) is 39.8 Å². The highest BCUT2D eigenvalue weighted by molar-refractivity contribution is 5.22. The maximum atomic E-state index is 2.60.